The van der Waals surface area contributed by atoms with E-state index in [9.17, 15) is 9.59 Å². The topological polar surface area (TPSA) is 62.6 Å². The summed E-state index contributed by atoms with van der Waals surface area (Å²) in [6.45, 7) is 0.594. The first-order valence-corrected chi connectivity index (χ1v) is 6.31. The SMILES string of the molecule is O=C1CN(Cc2ccoc2)C(=O)C2(CCCC2)N1. The fourth-order valence-electron chi connectivity index (χ4n) is 2.96. The van der Waals surface area contributed by atoms with Gasteiger partial charge < -0.3 is 14.6 Å². The van der Waals surface area contributed by atoms with Gasteiger partial charge in [0.2, 0.25) is 11.8 Å². The van der Waals surface area contributed by atoms with Gasteiger partial charge in [-0.05, 0) is 18.9 Å². The summed E-state index contributed by atoms with van der Waals surface area (Å²) in [6.07, 6.45) is 6.73. The molecule has 5 heteroatoms. The van der Waals surface area contributed by atoms with E-state index in [1.807, 2.05) is 6.07 Å². The smallest absolute Gasteiger partial charge is 0.249 e. The molecule has 5 nitrogen and oxygen atoms in total. The maximum absolute atomic E-state index is 12.5. The van der Waals surface area contributed by atoms with Crippen molar-refractivity contribution >= 4 is 11.8 Å². The number of amides is 2. The van der Waals surface area contributed by atoms with Crippen molar-refractivity contribution in [3.63, 3.8) is 0 Å². The molecular formula is C13H16N2O3. The lowest BCUT2D eigenvalue weighted by Crippen LogP contribution is -2.65. The highest BCUT2D eigenvalue weighted by atomic mass is 16.3. The monoisotopic (exact) mass is 248 g/mol. The maximum Gasteiger partial charge on any atom is 0.249 e. The highest BCUT2D eigenvalue weighted by Crippen LogP contribution is 2.33. The van der Waals surface area contributed by atoms with Crippen molar-refractivity contribution in [2.45, 2.75) is 37.8 Å². The first kappa shape index (κ1) is 11.3. The molecule has 3 rings (SSSR count). The number of carbonyl (C=O) groups excluding carboxylic acids is 2. The summed E-state index contributed by atoms with van der Waals surface area (Å²) in [5.74, 6) is 0.000736. The van der Waals surface area contributed by atoms with E-state index in [-0.39, 0.29) is 18.4 Å². The van der Waals surface area contributed by atoms with Gasteiger partial charge in [0, 0.05) is 12.1 Å². The average molecular weight is 248 g/mol. The first-order valence-electron chi connectivity index (χ1n) is 6.31. The lowest BCUT2D eigenvalue weighted by atomic mass is 9.93. The predicted molar refractivity (Wildman–Crippen MR) is 63.5 cm³/mol. The Balaban J connectivity index is 1.81. The van der Waals surface area contributed by atoms with E-state index >= 15 is 0 Å². The van der Waals surface area contributed by atoms with Gasteiger partial charge in [0.15, 0.2) is 0 Å². The molecule has 2 fully saturated rings. The summed E-state index contributed by atoms with van der Waals surface area (Å²) >= 11 is 0. The standard InChI is InChI=1S/C13H16N2O3/c16-11-8-15(7-10-3-6-18-9-10)12(17)13(14-11)4-1-2-5-13/h3,6,9H,1-2,4-5,7-8H2,(H,14,16). The molecule has 1 saturated heterocycles. The van der Waals surface area contributed by atoms with E-state index in [0.29, 0.717) is 6.54 Å². The van der Waals surface area contributed by atoms with Crippen molar-refractivity contribution in [1.29, 1.82) is 0 Å². The molecule has 1 aliphatic heterocycles. The van der Waals surface area contributed by atoms with E-state index in [1.165, 1.54) is 0 Å². The number of nitrogens with one attached hydrogen (secondary N) is 1. The van der Waals surface area contributed by atoms with Crippen LogP contribution in [0.1, 0.15) is 31.2 Å². The number of piperazine rings is 1. The second-order valence-corrected chi connectivity index (χ2v) is 5.13. The molecule has 0 radical (unpaired) electrons. The lowest BCUT2D eigenvalue weighted by Gasteiger charge is -2.39. The van der Waals surface area contributed by atoms with Crippen LogP contribution in [0.4, 0.5) is 0 Å². The van der Waals surface area contributed by atoms with E-state index in [2.05, 4.69) is 5.32 Å². The summed E-state index contributed by atoms with van der Waals surface area (Å²) in [7, 11) is 0. The minimum atomic E-state index is -0.626. The molecule has 18 heavy (non-hydrogen) atoms. The molecule has 1 aromatic heterocycles. The lowest BCUT2D eigenvalue weighted by molar-refractivity contribution is -0.150. The molecule has 1 spiro atoms. The zero-order valence-electron chi connectivity index (χ0n) is 10.1. The Bertz CT molecular complexity index is 461. The third kappa shape index (κ3) is 1.79. The Hall–Kier alpha value is -1.78. The Kier molecular flexibility index (Phi) is 2.61. The van der Waals surface area contributed by atoms with Crippen LogP contribution in [0.15, 0.2) is 23.0 Å². The average Bonchev–Trinajstić information content (AvgIpc) is 2.97. The molecule has 96 valence electrons. The third-order valence-electron chi connectivity index (χ3n) is 3.82. The zero-order valence-corrected chi connectivity index (χ0v) is 10.1. The molecular weight excluding hydrogens is 232 g/mol. The molecule has 0 bridgehead atoms. The van der Waals surface area contributed by atoms with Crippen LogP contribution in [0.2, 0.25) is 0 Å². The number of carbonyl (C=O) groups is 2. The van der Waals surface area contributed by atoms with Crippen LogP contribution in [0.3, 0.4) is 0 Å². The van der Waals surface area contributed by atoms with Crippen LogP contribution < -0.4 is 5.32 Å². The first-order chi connectivity index (χ1) is 8.70. The van der Waals surface area contributed by atoms with E-state index in [0.717, 1.165) is 31.2 Å². The number of hydrogen-bond acceptors (Lipinski definition) is 3. The van der Waals surface area contributed by atoms with Crippen molar-refractivity contribution in [2.75, 3.05) is 6.54 Å². The van der Waals surface area contributed by atoms with Crippen molar-refractivity contribution in [2.24, 2.45) is 0 Å². The van der Waals surface area contributed by atoms with Gasteiger partial charge in [-0.25, -0.2) is 0 Å². The van der Waals surface area contributed by atoms with Crippen LogP contribution >= 0.6 is 0 Å². The van der Waals surface area contributed by atoms with Crippen LogP contribution in [0.25, 0.3) is 0 Å². The van der Waals surface area contributed by atoms with Crippen LogP contribution in [-0.4, -0.2) is 28.8 Å². The molecule has 1 N–H and O–H groups in total. The van der Waals surface area contributed by atoms with Gasteiger partial charge in [-0.3, -0.25) is 9.59 Å². The fraction of sp³-hybridized carbons (Fsp3) is 0.538. The van der Waals surface area contributed by atoms with Crippen molar-refractivity contribution in [1.82, 2.24) is 10.2 Å². The van der Waals surface area contributed by atoms with Crippen LogP contribution in [0, 0.1) is 0 Å². The van der Waals surface area contributed by atoms with Crippen molar-refractivity contribution in [3.05, 3.63) is 24.2 Å². The molecule has 2 heterocycles. The number of furan rings is 1. The largest absolute Gasteiger partial charge is 0.472 e. The second kappa shape index (κ2) is 4.15. The minimum Gasteiger partial charge on any atom is -0.472 e. The third-order valence-corrected chi connectivity index (χ3v) is 3.82. The summed E-state index contributed by atoms with van der Waals surface area (Å²) < 4.78 is 5.00. The van der Waals surface area contributed by atoms with Gasteiger partial charge in [-0.2, -0.15) is 0 Å². The van der Waals surface area contributed by atoms with Crippen LogP contribution in [-0.2, 0) is 16.1 Å². The molecule has 1 saturated carbocycles. The number of rotatable bonds is 2. The van der Waals surface area contributed by atoms with Crippen molar-refractivity contribution < 1.29 is 14.0 Å². The highest BCUT2D eigenvalue weighted by Gasteiger charge is 2.48. The second-order valence-electron chi connectivity index (χ2n) is 5.13. The maximum atomic E-state index is 12.5. The van der Waals surface area contributed by atoms with Crippen LogP contribution in [0.5, 0.6) is 0 Å². The summed E-state index contributed by atoms with van der Waals surface area (Å²) in [5, 5.41) is 2.90. The minimum absolute atomic E-state index is 0.0556. The molecule has 0 aromatic carbocycles. The molecule has 1 aliphatic carbocycles. The highest BCUT2D eigenvalue weighted by molar-refractivity contribution is 5.98. The number of hydrogen-bond donors (Lipinski definition) is 1. The van der Waals surface area contributed by atoms with Crippen molar-refractivity contribution in [3.8, 4) is 0 Å². The van der Waals surface area contributed by atoms with Gasteiger partial charge in [-0.15, -0.1) is 0 Å². The van der Waals surface area contributed by atoms with E-state index in [1.54, 1.807) is 17.4 Å². The Morgan fingerprint density at radius 1 is 1.33 bits per heavy atom. The molecule has 2 aliphatic rings. The fourth-order valence-corrected chi connectivity index (χ4v) is 2.96. The van der Waals surface area contributed by atoms with Gasteiger partial charge in [0.1, 0.15) is 5.54 Å². The molecule has 0 atom stereocenters. The Labute approximate surface area is 105 Å². The summed E-state index contributed by atoms with van der Waals surface area (Å²) in [5.41, 5.74) is 0.296. The Morgan fingerprint density at radius 2 is 2.11 bits per heavy atom. The molecule has 1 aromatic rings. The van der Waals surface area contributed by atoms with E-state index in [4.69, 9.17) is 4.42 Å². The number of nitrogens with zero attached hydrogens (tertiary/aromatic N) is 1. The van der Waals surface area contributed by atoms with Gasteiger partial charge in [-0.1, -0.05) is 12.8 Å². The molecule has 0 unspecified atom stereocenters. The van der Waals surface area contributed by atoms with Gasteiger partial charge in [0.05, 0.1) is 19.1 Å². The predicted octanol–water partition coefficient (Wildman–Crippen LogP) is 1.05. The summed E-state index contributed by atoms with van der Waals surface area (Å²) in [4.78, 5) is 25.9. The summed E-state index contributed by atoms with van der Waals surface area (Å²) in [6, 6.07) is 1.82. The normalized spacial score (nSPS) is 22.6. The van der Waals surface area contributed by atoms with E-state index < -0.39 is 5.54 Å². The van der Waals surface area contributed by atoms with Gasteiger partial charge >= 0.3 is 0 Å². The Morgan fingerprint density at radius 3 is 2.78 bits per heavy atom. The quantitative estimate of drug-likeness (QED) is 0.851. The van der Waals surface area contributed by atoms with Gasteiger partial charge in [0.25, 0.3) is 0 Å². The zero-order chi connectivity index (χ0) is 12.6. The molecule has 2 amide bonds.